The van der Waals surface area contributed by atoms with Crippen molar-refractivity contribution in [3.05, 3.63) is 0 Å². The first-order chi connectivity index (χ1) is 9.46. The minimum atomic E-state index is -4.22. The summed E-state index contributed by atoms with van der Waals surface area (Å²) in [7, 11) is 0. The Kier molecular flexibility index (Phi) is 7.79. The number of alkyl halides is 3. The van der Waals surface area contributed by atoms with E-state index in [2.05, 4.69) is 21.5 Å². The first-order valence-electron chi connectivity index (χ1n) is 7.27. The van der Waals surface area contributed by atoms with E-state index in [4.69, 9.17) is 5.73 Å². The first kappa shape index (κ1) is 17.7. The fourth-order valence-electron chi connectivity index (χ4n) is 2.50. The highest BCUT2D eigenvalue weighted by Gasteiger charge is 2.27. The van der Waals surface area contributed by atoms with E-state index in [-0.39, 0.29) is 6.61 Å². The maximum atomic E-state index is 11.9. The van der Waals surface area contributed by atoms with Crippen molar-refractivity contribution in [2.45, 2.75) is 32.0 Å². The van der Waals surface area contributed by atoms with Gasteiger partial charge in [-0.15, -0.1) is 0 Å². The Morgan fingerprint density at radius 3 is 2.35 bits per heavy atom. The third-order valence-electron chi connectivity index (χ3n) is 3.70. The van der Waals surface area contributed by atoms with Gasteiger partial charge in [0.25, 0.3) is 0 Å². The Hall–Kier alpha value is -0.370. The van der Waals surface area contributed by atoms with Gasteiger partial charge < -0.3 is 15.4 Å². The van der Waals surface area contributed by atoms with Crippen LogP contribution in [0.5, 0.6) is 0 Å². The molecule has 1 atom stereocenters. The molecule has 4 nitrogen and oxygen atoms in total. The quantitative estimate of drug-likeness (QED) is 0.686. The molecule has 7 heteroatoms. The fraction of sp³-hybridized carbons (Fsp3) is 1.00. The van der Waals surface area contributed by atoms with E-state index in [0.29, 0.717) is 19.0 Å². The molecule has 2 N–H and O–H groups in total. The molecular weight excluding hydrogens is 271 g/mol. The van der Waals surface area contributed by atoms with Crippen molar-refractivity contribution >= 4 is 0 Å². The Balaban J connectivity index is 2.08. The van der Waals surface area contributed by atoms with Crippen molar-refractivity contribution in [1.29, 1.82) is 0 Å². The van der Waals surface area contributed by atoms with E-state index < -0.39 is 12.8 Å². The van der Waals surface area contributed by atoms with Gasteiger partial charge in [0.1, 0.15) is 6.61 Å². The van der Waals surface area contributed by atoms with Crippen LogP contribution in [0.15, 0.2) is 0 Å². The smallest absolute Gasteiger partial charge is 0.372 e. The first-order valence-corrected chi connectivity index (χ1v) is 7.27. The number of rotatable bonds is 8. The van der Waals surface area contributed by atoms with Crippen molar-refractivity contribution in [3.8, 4) is 0 Å². The summed E-state index contributed by atoms with van der Waals surface area (Å²) in [5, 5.41) is 0. The topological polar surface area (TPSA) is 41.7 Å². The predicted octanol–water partition coefficient (Wildman–Crippen LogP) is 1.31. The zero-order chi connectivity index (χ0) is 15.0. The number of piperazine rings is 1. The van der Waals surface area contributed by atoms with Crippen molar-refractivity contribution in [2.24, 2.45) is 5.73 Å². The Morgan fingerprint density at radius 2 is 1.85 bits per heavy atom. The summed E-state index contributed by atoms with van der Waals surface area (Å²) in [6.07, 6.45) is -2.52. The van der Waals surface area contributed by atoms with E-state index in [0.717, 1.165) is 39.1 Å². The molecule has 1 aliphatic heterocycles. The molecule has 0 radical (unpaired) electrons. The maximum absolute atomic E-state index is 11.9. The lowest BCUT2D eigenvalue weighted by atomic mass is 10.1. The molecule has 120 valence electrons. The lowest BCUT2D eigenvalue weighted by Gasteiger charge is -2.38. The van der Waals surface area contributed by atoms with Crippen LogP contribution in [0.2, 0.25) is 0 Å². The van der Waals surface area contributed by atoms with Gasteiger partial charge in [-0.05, 0) is 12.8 Å². The number of hydrogen-bond acceptors (Lipinski definition) is 4. The Morgan fingerprint density at radius 1 is 1.20 bits per heavy atom. The number of nitrogens with zero attached hydrogens (tertiary/aromatic N) is 2. The maximum Gasteiger partial charge on any atom is 0.411 e. The van der Waals surface area contributed by atoms with Gasteiger partial charge in [-0.25, -0.2) is 0 Å². The molecule has 0 aliphatic carbocycles. The second kappa shape index (κ2) is 8.81. The van der Waals surface area contributed by atoms with Gasteiger partial charge in [-0.2, -0.15) is 13.2 Å². The van der Waals surface area contributed by atoms with Crippen molar-refractivity contribution < 1.29 is 17.9 Å². The molecule has 0 spiro atoms. The van der Waals surface area contributed by atoms with Crippen LogP contribution in [-0.2, 0) is 4.74 Å². The van der Waals surface area contributed by atoms with Crippen LogP contribution in [0, 0.1) is 0 Å². The molecule has 1 heterocycles. The minimum Gasteiger partial charge on any atom is -0.372 e. The average Bonchev–Trinajstić information content (AvgIpc) is 2.40. The Bertz CT molecular complexity index is 252. The normalized spacial score (nSPS) is 20.2. The SMILES string of the molecule is CCC(CN)N1CCN(CCCOCC(F)(F)F)CC1. The van der Waals surface area contributed by atoms with Gasteiger partial charge in [0.15, 0.2) is 0 Å². The van der Waals surface area contributed by atoms with Gasteiger partial charge >= 0.3 is 6.18 Å². The van der Waals surface area contributed by atoms with Gasteiger partial charge in [0.05, 0.1) is 0 Å². The summed E-state index contributed by atoms with van der Waals surface area (Å²) in [4.78, 5) is 4.67. The van der Waals surface area contributed by atoms with Gasteiger partial charge in [-0.1, -0.05) is 6.92 Å². The molecule has 1 saturated heterocycles. The highest BCUT2D eigenvalue weighted by atomic mass is 19.4. The molecule has 0 bridgehead atoms. The van der Waals surface area contributed by atoms with Crippen LogP contribution in [-0.4, -0.2) is 74.5 Å². The second-order valence-electron chi connectivity index (χ2n) is 5.20. The summed E-state index contributed by atoms with van der Waals surface area (Å²) in [6, 6.07) is 0.451. The van der Waals surface area contributed by atoms with Crippen LogP contribution >= 0.6 is 0 Å². The molecule has 0 aromatic carbocycles. The summed E-state index contributed by atoms with van der Waals surface area (Å²) in [6.45, 7) is 6.52. The van der Waals surface area contributed by atoms with Gasteiger partial charge in [-0.3, -0.25) is 4.90 Å². The lowest BCUT2D eigenvalue weighted by Crippen LogP contribution is -2.52. The van der Waals surface area contributed by atoms with Crippen LogP contribution in [0.4, 0.5) is 13.2 Å². The summed E-state index contributed by atoms with van der Waals surface area (Å²) in [5.41, 5.74) is 5.73. The van der Waals surface area contributed by atoms with Crippen LogP contribution in [0.25, 0.3) is 0 Å². The van der Waals surface area contributed by atoms with E-state index in [9.17, 15) is 13.2 Å². The molecule has 0 aromatic rings. The molecule has 0 amide bonds. The molecule has 1 unspecified atom stereocenters. The third kappa shape index (κ3) is 6.88. The Labute approximate surface area is 119 Å². The number of halogens is 3. The zero-order valence-corrected chi connectivity index (χ0v) is 12.2. The second-order valence-corrected chi connectivity index (χ2v) is 5.20. The molecule has 0 saturated carbocycles. The fourth-order valence-corrected chi connectivity index (χ4v) is 2.50. The minimum absolute atomic E-state index is 0.167. The molecule has 1 fully saturated rings. The van der Waals surface area contributed by atoms with Crippen LogP contribution in [0.3, 0.4) is 0 Å². The lowest BCUT2D eigenvalue weighted by molar-refractivity contribution is -0.174. The van der Waals surface area contributed by atoms with Crippen LogP contribution in [0.1, 0.15) is 19.8 Å². The van der Waals surface area contributed by atoms with Crippen molar-refractivity contribution in [3.63, 3.8) is 0 Å². The largest absolute Gasteiger partial charge is 0.411 e. The molecule has 1 aliphatic rings. The zero-order valence-electron chi connectivity index (χ0n) is 12.2. The monoisotopic (exact) mass is 297 g/mol. The standard InChI is InChI=1S/C13H26F3N3O/c1-2-12(10-17)19-7-5-18(6-8-19)4-3-9-20-11-13(14,15)16/h12H,2-11,17H2,1H3. The highest BCUT2D eigenvalue weighted by molar-refractivity contribution is 4.78. The summed E-state index contributed by atoms with van der Waals surface area (Å²) < 4.78 is 40.2. The molecule has 20 heavy (non-hydrogen) atoms. The summed E-state index contributed by atoms with van der Waals surface area (Å²) in [5.74, 6) is 0. The van der Waals surface area contributed by atoms with Crippen molar-refractivity contribution in [2.75, 3.05) is 52.5 Å². The van der Waals surface area contributed by atoms with E-state index in [1.807, 2.05) is 0 Å². The number of nitrogens with two attached hydrogens (primary N) is 1. The van der Waals surface area contributed by atoms with E-state index >= 15 is 0 Å². The number of hydrogen-bond donors (Lipinski definition) is 1. The van der Waals surface area contributed by atoms with Crippen molar-refractivity contribution in [1.82, 2.24) is 9.80 Å². The molecule has 1 rings (SSSR count). The summed E-state index contributed by atoms with van der Waals surface area (Å²) >= 11 is 0. The van der Waals surface area contributed by atoms with E-state index in [1.165, 1.54) is 0 Å². The average molecular weight is 297 g/mol. The van der Waals surface area contributed by atoms with Crippen LogP contribution < -0.4 is 5.73 Å². The highest BCUT2D eigenvalue weighted by Crippen LogP contribution is 2.14. The predicted molar refractivity (Wildman–Crippen MR) is 72.6 cm³/mol. The van der Waals surface area contributed by atoms with Gasteiger partial charge in [0, 0.05) is 51.9 Å². The van der Waals surface area contributed by atoms with Gasteiger partial charge in [0.2, 0.25) is 0 Å². The van der Waals surface area contributed by atoms with E-state index in [1.54, 1.807) is 0 Å². The number of ether oxygens (including phenoxy) is 1. The molecular formula is C13H26F3N3O. The third-order valence-corrected chi connectivity index (χ3v) is 3.70. The molecule has 0 aromatic heterocycles.